The number of rotatable bonds is 8. The number of fused-ring (bicyclic) bond motifs is 1. The summed E-state index contributed by atoms with van der Waals surface area (Å²) in [6, 6.07) is 13.6. The number of hydrogen-bond donors (Lipinski definition) is 1. The quantitative estimate of drug-likeness (QED) is 0.412. The van der Waals surface area contributed by atoms with Crippen LogP contribution in [0, 0.1) is 0 Å². The maximum atomic E-state index is 13.4. The lowest BCUT2D eigenvalue weighted by atomic mass is 9.81. The molecule has 5 rings (SSSR count). The average molecular weight is 556 g/mol. The van der Waals surface area contributed by atoms with Gasteiger partial charge in [0, 0.05) is 54.3 Å². The van der Waals surface area contributed by atoms with E-state index < -0.39 is 5.54 Å². The second-order valence-electron chi connectivity index (χ2n) is 10.5. The van der Waals surface area contributed by atoms with Crippen molar-refractivity contribution < 1.29 is 19.1 Å². The largest absolute Gasteiger partial charge is 0.497 e. The lowest BCUT2D eigenvalue weighted by molar-refractivity contribution is -0.117. The molecule has 0 radical (unpaired) electrons. The standard InChI is InChI=1S/C32H37N5O4/c1-5-35-32(28-15-22(2)29-24(20-37(28)21-38)16-26(40-3)17-27(29)41-4)11-13-36(14-12-32)31(39)25-18-33-30(34-19-25)23-9-7-6-8-10-23/h6-10,15-19,21-22,35H,5,11-14,20H2,1-4H3/t22-/m0/s1. The zero-order valence-electron chi connectivity index (χ0n) is 24.1. The third-order valence-corrected chi connectivity index (χ3v) is 8.14. The van der Waals surface area contributed by atoms with Crippen LogP contribution < -0.4 is 14.8 Å². The van der Waals surface area contributed by atoms with Crippen LogP contribution in [0.5, 0.6) is 11.5 Å². The zero-order chi connectivity index (χ0) is 29.0. The van der Waals surface area contributed by atoms with E-state index in [1.807, 2.05) is 47.4 Å². The molecule has 9 heteroatoms. The first-order chi connectivity index (χ1) is 19.9. The number of piperidine rings is 1. The Balaban J connectivity index is 1.38. The first kappa shape index (κ1) is 28.3. The molecule has 1 fully saturated rings. The van der Waals surface area contributed by atoms with Gasteiger partial charge >= 0.3 is 0 Å². The fraction of sp³-hybridized carbons (Fsp3) is 0.375. The van der Waals surface area contributed by atoms with E-state index in [2.05, 4.69) is 35.2 Å². The lowest BCUT2D eigenvalue weighted by Crippen LogP contribution is -2.58. The van der Waals surface area contributed by atoms with Gasteiger partial charge in [0.2, 0.25) is 6.41 Å². The van der Waals surface area contributed by atoms with E-state index in [1.165, 1.54) is 0 Å². The summed E-state index contributed by atoms with van der Waals surface area (Å²) in [6.45, 7) is 6.40. The number of hydrogen-bond acceptors (Lipinski definition) is 7. The van der Waals surface area contributed by atoms with Gasteiger partial charge in [0.25, 0.3) is 5.91 Å². The number of allylic oxidation sites excluding steroid dienone is 1. The molecular weight excluding hydrogens is 518 g/mol. The van der Waals surface area contributed by atoms with Crippen molar-refractivity contribution in [2.45, 2.75) is 44.7 Å². The van der Waals surface area contributed by atoms with Crippen LogP contribution in [-0.4, -0.2) is 71.5 Å². The lowest BCUT2D eigenvalue weighted by Gasteiger charge is -2.46. The van der Waals surface area contributed by atoms with Gasteiger partial charge in [-0.3, -0.25) is 9.59 Å². The monoisotopic (exact) mass is 555 g/mol. The number of methoxy groups -OCH3 is 2. The molecule has 1 aromatic heterocycles. The Morgan fingerprint density at radius 3 is 2.41 bits per heavy atom. The molecule has 3 aromatic rings. The van der Waals surface area contributed by atoms with E-state index in [0.29, 0.717) is 49.6 Å². The summed E-state index contributed by atoms with van der Waals surface area (Å²) in [6.07, 6.45) is 7.61. The predicted octanol–water partition coefficient (Wildman–Crippen LogP) is 4.40. The normalized spacial score (nSPS) is 18.1. The van der Waals surface area contributed by atoms with Gasteiger partial charge in [-0.05, 0) is 31.0 Å². The number of likely N-dealkylation sites (N-methyl/N-ethyl adjacent to an activating group) is 1. The SMILES string of the molecule is CCNC1(C2=C[C@H](C)c3c(cc(OC)cc3OC)CN2C=O)CCN(C(=O)c2cnc(-c3ccccc3)nc2)CC1. The molecule has 2 aliphatic heterocycles. The van der Waals surface area contributed by atoms with Gasteiger partial charge in [-0.2, -0.15) is 0 Å². The van der Waals surface area contributed by atoms with Gasteiger partial charge in [0.05, 0.1) is 31.9 Å². The van der Waals surface area contributed by atoms with E-state index in [9.17, 15) is 9.59 Å². The van der Waals surface area contributed by atoms with E-state index >= 15 is 0 Å². The summed E-state index contributed by atoms with van der Waals surface area (Å²) in [4.78, 5) is 38.5. The molecule has 9 nitrogen and oxygen atoms in total. The number of benzene rings is 2. The number of likely N-dealkylation sites (tertiary alicyclic amines) is 1. The maximum Gasteiger partial charge on any atom is 0.256 e. The number of aromatic nitrogens is 2. The number of amides is 2. The van der Waals surface area contributed by atoms with Crippen LogP contribution in [0.4, 0.5) is 0 Å². The second-order valence-corrected chi connectivity index (χ2v) is 10.5. The van der Waals surface area contributed by atoms with Crippen LogP contribution in [-0.2, 0) is 11.3 Å². The molecule has 0 bridgehead atoms. The van der Waals surface area contributed by atoms with Crippen LogP contribution in [0.15, 0.2) is 66.6 Å². The Labute approximate surface area is 241 Å². The molecule has 0 unspecified atom stereocenters. The van der Waals surface area contributed by atoms with Crippen LogP contribution >= 0.6 is 0 Å². The van der Waals surface area contributed by atoms with Crippen molar-refractivity contribution in [3.63, 3.8) is 0 Å². The third kappa shape index (κ3) is 5.54. The number of ether oxygens (including phenoxy) is 2. The average Bonchev–Trinajstić information content (AvgIpc) is 3.17. The Kier molecular flexibility index (Phi) is 8.35. The highest BCUT2D eigenvalue weighted by Gasteiger charge is 2.42. The maximum absolute atomic E-state index is 13.4. The number of carbonyl (C=O) groups is 2. The van der Waals surface area contributed by atoms with Crippen molar-refractivity contribution in [3.05, 3.63) is 83.3 Å². The third-order valence-electron chi connectivity index (χ3n) is 8.14. The van der Waals surface area contributed by atoms with Gasteiger partial charge in [0.15, 0.2) is 5.82 Å². The van der Waals surface area contributed by atoms with Gasteiger partial charge in [-0.1, -0.05) is 50.3 Å². The molecule has 0 aliphatic carbocycles. The van der Waals surface area contributed by atoms with Crippen molar-refractivity contribution in [1.29, 1.82) is 0 Å². The second kappa shape index (κ2) is 12.1. The van der Waals surface area contributed by atoms with Crippen molar-refractivity contribution in [2.75, 3.05) is 33.9 Å². The highest BCUT2D eigenvalue weighted by atomic mass is 16.5. The molecule has 1 N–H and O–H groups in total. The molecule has 1 saturated heterocycles. The Hall–Kier alpha value is -4.24. The Morgan fingerprint density at radius 1 is 1.10 bits per heavy atom. The van der Waals surface area contributed by atoms with E-state index in [1.54, 1.807) is 31.5 Å². The smallest absolute Gasteiger partial charge is 0.256 e. The first-order valence-corrected chi connectivity index (χ1v) is 14.0. The Bertz CT molecular complexity index is 1420. The summed E-state index contributed by atoms with van der Waals surface area (Å²) in [5.74, 6) is 1.94. The topological polar surface area (TPSA) is 96.9 Å². The molecular formula is C32H37N5O4. The van der Waals surface area contributed by atoms with E-state index in [0.717, 1.165) is 41.1 Å². The molecule has 1 atom stereocenters. The van der Waals surface area contributed by atoms with Crippen LogP contribution in [0.3, 0.4) is 0 Å². The van der Waals surface area contributed by atoms with E-state index in [4.69, 9.17) is 9.47 Å². The van der Waals surface area contributed by atoms with Crippen molar-refractivity contribution >= 4 is 12.3 Å². The Morgan fingerprint density at radius 2 is 1.80 bits per heavy atom. The predicted molar refractivity (Wildman–Crippen MR) is 157 cm³/mol. The van der Waals surface area contributed by atoms with Gasteiger partial charge in [-0.15, -0.1) is 0 Å². The fourth-order valence-corrected chi connectivity index (χ4v) is 6.11. The minimum Gasteiger partial charge on any atom is -0.497 e. The summed E-state index contributed by atoms with van der Waals surface area (Å²) in [5.41, 5.74) is 3.88. The van der Waals surface area contributed by atoms with Crippen molar-refractivity contribution in [2.24, 2.45) is 0 Å². The molecule has 214 valence electrons. The molecule has 2 aromatic carbocycles. The number of nitrogens with zero attached hydrogens (tertiary/aromatic N) is 4. The van der Waals surface area contributed by atoms with Gasteiger partial charge in [0.1, 0.15) is 11.5 Å². The minimum atomic E-state index is -0.465. The van der Waals surface area contributed by atoms with Crippen LogP contribution in [0.25, 0.3) is 11.4 Å². The van der Waals surface area contributed by atoms with Crippen molar-refractivity contribution in [1.82, 2.24) is 25.1 Å². The van der Waals surface area contributed by atoms with Crippen LogP contribution in [0.2, 0.25) is 0 Å². The fourth-order valence-electron chi connectivity index (χ4n) is 6.11. The molecule has 2 amide bonds. The molecule has 2 aliphatic rings. The summed E-state index contributed by atoms with van der Waals surface area (Å²) >= 11 is 0. The summed E-state index contributed by atoms with van der Waals surface area (Å²) < 4.78 is 11.2. The van der Waals surface area contributed by atoms with Crippen LogP contribution in [0.1, 0.15) is 54.1 Å². The highest BCUT2D eigenvalue weighted by molar-refractivity contribution is 5.93. The summed E-state index contributed by atoms with van der Waals surface area (Å²) in [5, 5.41) is 3.70. The zero-order valence-corrected chi connectivity index (χ0v) is 24.1. The van der Waals surface area contributed by atoms with Gasteiger partial charge < -0.3 is 24.6 Å². The molecule has 0 spiro atoms. The summed E-state index contributed by atoms with van der Waals surface area (Å²) in [7, 11) is 3.28. The molecule has 41 heavy (non-hydrogen) atoms. The van der Waals surface area contributed by atoms with Gasteiger partial charge in [-0.25, -0.2) is 9.97 Å². The first-order valence-electron chi connectivity index (χ1n) is 14.0. The molecule has 3 heterocycles. The number of nitrogens with one attached hydrogen (secondary N) is 1. The van der Waals surface area contributed by atoms with E-state index in [-0.39, 0.29) is 11.8 Å². The number of carbonyl (C=O) groups excluding carboxylic acids is 2. The molecule has 0 saturated carbocycles. The highest BCUT2D eigenvalue weighted by Crippen LogP contribution is 2.42. The minimum absolute atomic E-state index is 0.00118. The van der Waals surface area contributed by atoms with Crippen molar-refractivity contribution in [3.8, 4) is 22.9 Å².